The van der Waals surface area contributed by atoms with Crippen LogP contribution in [0.2, 0.25) is 0 Å². The van der Waals surface area contributed by atoms with Gasteiger partial charge in [-0.2, -0.15) is 0 Å². The molecule has 1 unspecified atom stereocenters. The Hall–Kier alpha value is -1.93. The Morgan fingerprint density at radius 2 is 1.92 bits per heavy atom. The zero-order valence-corrected chi connectivity index (χ0v) is 16.2. The molecule has 0 bridgehead atoms. The Balaban J connectivity index is 1.75. The fraction of sp³-hybridized carbons (Fsp3) is 0.722. The van der Waals surface area contributed by atoms with Gasteiger partial charge in [0, 0.05) is 38.8 Å². The van der Waals surface area contributed by atoms with E-state index >= 15 is 0 Å². The number of aromatic nitrogens is 1. The van der Waals surface area contributed by atoms with Crippen molar-refractivity contribution in [1.82, 2.24) is 20.3 Å². The number of esters is 1. The molecule has 1 aliphatic heterocycles. The quantitative estimate of drug-likeness (QED) is 0.681. The second-order valence-electron chi connectivity index (χ2n) is 7.25. The standard InChI is InChI=1S/C18H30N4O4/c1-13(2)9-16(18(24)25-4)19-17(23)12-22-7-5-21(6-8-22)11-15-10-14(3)26-20-15/h10,13,16H,5-9,11-12H2,1-4H3,(H,19,23). The van der Waals surface area contributed by atoms with Gasteiger partial charge in [-0.25, -0.2) is 4.79 Å². The number of rotatable bonds is 8. The molecule has 1 N–H and O–H groups in total. The minimum absolute atomic E-state index is 0.137. The largest absolute Gasteiger partial charge is 0.467 e. The van der Waals surface area contributed by atoms with Gasteiger partial charge in [0.25, 0.3) is 0 Å². The molecular formula is C18H30N4O4. The molecule has 146 valence electrons. The van der Waals surface area contributed by atoms with Crippen LogP contribution in [-0.2, 0) is 20.9 Å². The molecule has 1 amide bonds. The van der Waals surface area contributed by atoms with Gasteiger partial charge in [0.1, 0.15) is 11.8 Å². The van der Waals surface area contributed by atoms with Crippen LogP contribution in [0.15, 0.2) is 10.6 Å². The molecule has 2 heterocycles. The summed E-state index contributed by atoms with van der Waals surface area (Å²) in [6.07, 6.45) is 0.573. The van der Waals surface area contributed by atoms with E-state index in [1.807, 2.05) is 26.8 Å². The molecule has 1 aromatic rings. The SMILES string of the molecule is COC(=O)C(CC(C)C)NC(=O)CN1CCN(Cc2cc(C)on2)CC1. The third kappa shape index (κ3) is 6.42. The minimum Gasteiger partial charge on any atom is -0.467 e. The van der Waals surface area contributed by atoms with E-state index in [2.05, 4.69) is 20.3 Å². The van der Waals surface area contributed by atoms with Crippen LogP contribution in [0.25, 0.3) is 0 Å². The van der Waals surface area contributed by atoms with Gasteiger partial charge < -0.3 is 14.6 Å². The highest BCUT2D eigenvalue weighted by molar-refractivity contribution is 5.85. The second kappa shape index (κ2) is 9.68. The van der Waals surface area contributed by atoms with Crippen LogP contribution in [-0.4, -0.2) is 72.7 Å². The number of aryl methyl sites for hydroxylation is 1. The van der Waals surface area contributed by atoms with Crippen LogP contribution < -0.4 is 5.32 Å². The van der Waals surface area contributed by atoms with Gasteiger partial charge in [0.2, 0.25) is 5.91 Å². The van der Waals surface area contributed by atoms with Crippen molar-refractivity contribution in [1.29, 1.82) is 0 Å². The Morgan fingerprint density at radius 3 is 2.46 bits per heavy atom. The molecule has 0 aliphatic carbocycles. The van der Waals surface area contributed by atoms with Crippen LogP contribution in [0.1, 0.15) is 31.7 Å². The first kappa shape index (κ1) is 20.4. The number of ether oxygens (including phenoxy) is 1. The fourth-order valence-corrected chi connectivity index (χ4v) is 3.10. The number of amides is 1. The molecule has 1 atom stereocenters. The minimum atomic E-state index is -0.579. The van der Waals surface area contributed by atoms with E-state index in [4.69, 9.17) is 9.26 Å². The lowest BCUT2D eigenvalue weighted by Gasteiger charge is -2.34. The number of carbonyl (C=O) groups is 2. The summed E-state index contributed by atoms with van der Waals surface area (Å²) in [5, 5.41) is 6.83. The average molecular weight is 366 g/mol. The number of hydrogen-bond donors (Lipinski definition) is 1. The maximum absolute atomic E-state index is 12.3. The number of methoxy groups -OCH3 is 1. The van der Waals surface area contributed by atoms with Crippen molar-refractivity contribution in [2.75, 3.05) is 39.8 Å². The van der Waals surface area contributed by atoms with Gasteiger partial charge in [-0.15, -0.1) is 0 Å². The number of nitrogens with one attached hydrogen (secondary N) is 1. The molecular weight excluding hydrogens is 336 g/mol. The number of hydrogen-bond acceptors (Lipinski definition) is 7. The van der Waals surface area contributed by atoms with Gasteiger partial charge >= 0.3 is 5.97 Å². The van der Waals surface area contributed by atoms with Crippen molar-refractivity contribution in [3.63, 3.8) is 0 Å². The van der Waals surface area contributed by atoms with E-state index in [-0.39, 0.29) is 11.9 Å². The van der Waals surface area contributed by atoms with E-state index in [1.165, 1.54) is 7.11 Å². The first-order chi connectivity index (χ1) is 12.4. The molecule has 1 aromatic heterocycles. The molecule has 26 heavy (non-hydrogen) atoms. The van der Waals surface area contributed by atoms with E-state index < -0.39 is 6.04 Å². The predicted molar refractivity (Wildman–Crippen MR) is 96.4 cm³/mol. The highest BCUT2D eigenvalue weighted by Gasteiger charge is 2.25. The van der Waals surface area contributed by atoms with E-state index in [0.29, 0.717) is 18.9 Å². The lowest BCUT2D eigenvalue weighted by molar-refractivity contribution is -0.145. The lowest BCUT2D eigenvalue weighted by Crippen LogP contribution is -2.51. The Bertz CT molecular complexity index is 594. The summed E-state index contributed by atoms with van der Waals surface area (Å²) in [6.45, 7) is 10.3. The summed E-state index contributed by atoms with van der Waals surface area (Å²) >= 11 is 0. The molecule has 8 nitrogen and oxygen atoms in total. The second-order valence-corrected chi connectivity index (χ2v) is 7.25. The molecule has 1 aliphatic rings. The van der Waals surface area contributed by atoms with Gasteiger partial charge in [-0.05, 0) is 19.3 Å². The Kier molecular flexibility index (Phi) is 7.59. The van der Waals surface area contributed by atoms with Crippen molar-refractivity contribution in [3.05, 3.63) is 17.5 Å². The monoisotopic (exact) mass is 366 g/mol. The zero-order chi connectivity index (χ0) is 19.1. The van der Waals surface area contributed by atoms with Crippen molar-refractivity contribution < 1.29 is 18.8 Å². The maximum Gasteiger partial charge on any atom is 0.328 e. The van der Waals surface area contributed by atoms with Gasteiger partial charge in [-0.3, -0.25) is 14.6 Å². The van der Waals surface area contributed by atoms with Crippen LogP contribution in [0.5, 0.6) is 0 Å². The molecule has 1 fully saturated rings. The fourth-order valence-electron chi connectivity index (χ4n) is 3.10. The number of piperazine rings is 1. The molecule has 0 spiro atoms. The smallest absolute Gasteiger partial charge is 0.328 e. The molecule has 0 aromatic carbocycles. The van der Waals surface area contributed by atoms with Gasteiger partial charge in [-0.1, -0.05) is 19.0 Å². The van der Waals surface area contributed by atoms with E-state index in [1.54, 1.807) is 0 Å². The summed E-state index contributed by atoms with van der Waals surface area (Å²) in [5.74, 6) is 0.585. The molecule has 1 saturated heterocycles. The van der Waals surface area contributed by atoms with Crippen LogP contribution in [0.4, 0.5) is 0 Å². The number of carbonyl (C=O) groups excluding carboxylic acids is 2. The summed E-state index contributed by atoms with van der Waals surface area (Å²) in [7, 11) is 1.34. The predicted octanol–water partition coefficient (Wildman–Crippen LogP) is 0.805. The number of nitrogens with zero attached hydrogens (tertiary/aromatic N) is 3. The third-order valence-corrected chi connectivity index (χ3v) is 4.42. The topological polar surface area (TPSA) is 87.9 Å². The highest BCUT2D eigenvalue weighted by atomic mass is 16.5. The maximum atomic E-state index is 12.3. The van der Waals surface area contributed by atoms with Crippen molar-refractivity contribution in [3.8, 4) is 0 Å². The molecule has 2 rings (SSSR count). The van der Waals surface area contributed by atoms with Crippen LogP contribution >= 0.6 is 0 Å². The van der Waals surface area contributed by atoms with Crippen molar-refractivity contribution in [2.24, 2.45) is 5.92 Å². The molecule has 8 heteroatoms. The van der Waals surface area contributed by atoms with Gasteiger partial charge in [0.05, 0.1) is 19.3 Å². The van der Waals surface area contributed by atoms with Gasteiger partial charge in [0.15, 0.2) is 0 Å². The zero-order valence-electron chi connectivity index (χ0n) is 16.2. The summed E-state index contributed by atoms with van der Waals surface area (Å²) < 4.78 is 9.88. The highest BCUT2D eigenvalue weighted by Crippen LogP contribution is 2.10. The summed E-state index contributed by atoms with van der Waals surface area (Å²) in [5.41, 5.74) is 0.934. The summed E-state index contributed by atoms with van der Waals surface area (Å²) in [6, 6.07) is 1.37. The lowest BCUT2D eigenvalue weighted by atomic mass is 10.0. The molecule has 0 saturated carbocycles. The van der Waals surface area contributed by atoms with E-state index in [9.17, 15) is 9.59 Å². The summed E-state index contributed by atoms with van der Waals surface area (Å²) in [4.78, 5) is 28.5. The Labute approximate surface area is 154 Å². The van der Waals surface area contributed by atoms with Crippen molar-refractivity contribution in [2.45, 2.75) is 39.8 Å². The normalized spacial score (nSPS) is 17.3. The molecule has 0 radical (unpaired) electrons. The Morgan fingerprint density at radius 1 is 1.27 bits per heavy atom. The van der Waals surface area contributed by atoms with E-state index in [0.717, 1.165) is 44.2 Å². The average Bonchev–Trinajstić information content (AvgIpc) is 2.99. The van der Waals surface area contributed by atoms with Crippen LogP contribution in [0.3, 0.4) is 0 Å². The van der Waals surface area contributed by atoms with Crippen molar-refractivity contribution >= 4 is 11.9 Å². The third-order valence-electron chi connectivity index (χ3n) is 4.42. The first-order valence-corrected chi connectivity index (χ1v) is 9.11. The van der Waals surface area contributed by atoms with Crippen LogP contribution in [0, 0.1) is 12.8 Å². The first-order valence-electron chi connectivity index (χ1n) is 9.11.